The van der Waals surface area contributed by atoms with Crippen LogP contribution in [0.4, 0.5) is 9.59 Å². The molecule has 18 nitrogen and oxygen atoms in total. The van der Waals surface area contributed by atoms with E-state index < -0.39 is 24.3 Å². The molecule has 4 aliphatic heterocycles. The Bertz CT molecular complexity index is 2600. The zero-order valence-electron chi connectivity index (χ0n) is 34.9. The number of methoxy groups -OCH3 is 1. The molecule has 5 aromatic rings. The lowest BCUT2D eigenvalue weighted by Gasteiger charge is -2.35. The monoisotopic (exact) mass is 858 g/mol. The third kappa shape index (κ3) is 7.41. The predicted molar refractivity (Wildman–Crippen MR) is 226 cm³/mol. The number of nitrogens with zero attached hydrogens (tertiary/aromatic N) is 6. The largest absolute Gasteiger partial charge is 0.465 e. The average molecular weight is 859 g/mol. The highest BCUT2D eigenvalue weighted by Gasteiger charge is 2.58. The van der Waals surface area contributed by atoms with Crippen molar-refractivity contribution in [3.63, 3.8) is 0 Å². The number of fused-ring (bicyclic) bond motifs is 4. The zero-order valence-corrected chi connectivity index (χ0v) is 34.9. The van der Waals surface area contributed by atoms with Crippen LogP contribution in [0.25, 0.3) is 44.6 Å². The molecule has 0 radical (unpaired) electrons. The number of nitrogens with one attached hydrogen (secondary N) is 4. The first-order chi connectivity index (χ1) is 30.7. The lowest BCUT2D eigenvalue weighted by atomic mass is 9.90. The maximum Gasteiger partial charge on any atom is 0.407 e. The van der Waals surface area contributed by atoms with Crippen LogP contribution in [0.3, 0.4) is 0 Å². The number of alkyl carbamates (subject to hydrolysis) is 1. The third-order valence-corrected chi connectivity index (χ3v) is 14.3. The maximum absolute atomic E-state index is 14.3. The first-order valence-electron chi connectivity index (χ1n) is 22.2. The first kappa shape index (κ1) is 39.7. The summed E-state index contributed by atoms with van der Waals surface area (Å²) < 4.78 is 16.0. The second-order valence-corrected chi connectivity index (χ2v) is 18.1. The SMILES string of the molecule is COC(=O)N[C@H](C(=O)N1[C@@H]2C[C@H]2C[C@H]1c1nc2ccc(-c3ccc4nc(-c5cnc([C@@H]6C[C@H]7C[C@H]7N6C(=O)[C@@H](NC(=O)O)C6CCOCC6)[nH]5)cnc4c3)cc2[nH]1)C1CCOCC1. The van der Waals surface area contributed by atoms with Gasteiger partial charge in [0.05, 0.1) is 59.3 Å². The zero-order chi connectivity index (χ0) is 42.9. The minimum atomic E-state index is -1.20. The molecule has 18 heteroatoms. The number of aromatic amines is 2. The number of amides is 4. The molecule has 3 aromatic heterocycles. The quantitative estimate of drug-likeness (QED) is 0.124. The lowest BCUT2D eigenvalue weighted by Crippen LogP contribution is -2.54. The fraction of sp³-hybridized carbons (Fsp3) is 0.511. The molecule has 2 aromatic carbocycles. The maximum atomic E-state index is 14.3. The summed E-state index contributed by atoms with van der Waals surface area (Å²) in [5, 5.41) is 15.0. The minimum Gasteiger partial charge on any atom is -0.465 e. The van der Waals surface area contributed by atoms with Crippen molar-refractivity contribution in [2.75, 3.05) is 33.5 Å². The van der Waals surface area contributed by atoms with E-state index in [-0.39, 0.29) is 47.8 Å². The van der Waals surface area contributed by atoms with E-state index in [1.54, 1.807) is 12.4 Å². The van der Waals surface area contributed by atoms with Gasteiger partial charge in [0.2, 0.25) is 11.8 Å². The molecular formula is C45H50N10O8. The van der Waals surface area contributed by atoms with Crippen LogP contribution >= 0.6 is 0 Å². The van der Waals surface area contributed by atoms with Gasteiger partial charge in [-0.3, -0.25) is 14.6 Å². The highest BCUT2D eigenvalue weighted by molar-refractivity contribution is 5.89. The third-order valence-electron chi connectivity index (χ3n) is 14.3. The van der Waals surface area contributed by atoms with Crippen molar-refractivity contribution in [3.8, 4) is 22.5 Å². The van der Waals surface area contributed by atoms with E-state index in [1.165, 1.54) is 7.11 Å². The molecule has 4 saturated heterocycles. The van der Waals surface area contributed by atoms with Gasteiger partial charge in [-0.2, -0.15) is 0 Å². The molecule has 5 N–H and O–H groups in total. The van der Waals surface area contributed by atoms with Crippen molar-refractivity contribution in [2.45, 2.75) is 87.6 Å². The van der Waals surface area contributed by atoms with Crippen LogP contribution < -0.4 is 10.6 Å². The lowest BCUT2D eigenvalue weighted by molar-refractivity contribution is -0.138. The molecule has 11 rings (SSSR count). The normalized spacial score (nSPS) is 26.6. The average Bonchev–Trinajstić information content (AvgIpc) is 3.93. The van der Waals surface area contributed by atoms with E-state index in [4.69, 9.17) is 34.1 Å². The molecule has 2 saturated carbocycles. The Morgan fingerprint density at radius 3 is 1.95 bits per heavy atom. The Kier molecular flexibility index (Phi) is 10.0. The van der Waals surface area contributed by atoms with Gasteiger partial charge in [-0.25, -0.2) is 24.5 Å². The number of ether oxygens (including phenoxy) is 3. The van der Waals surface area contributed by atoms with Crippen LogP contribution in [-0.4, -0.2) is 127 Å². The number of hydrogen-bond acceptors (Lipinski definition) is 11. The molecule has 63 heavy (non-hydrogen) atoms. The van der Waals surface area contributed by atoms with Gasteiger partial charge < -0.3 is 49.7 Å². The molecule has 8 atom stereocenters. The molecule has 7 heterocycles. The molecule has 0 unspecified atom stereocenters. The van der Waals surface area contributed by atoms with Gasteiger partial charge in [0.15, 0.2) is 0 Å². The van der Waals surface area contributed by atoms with Crippen LogP contribution in [0.1, 0.15) is 75.1 Å². The van der Waals surface area contributed by atoms with Gasteiger partial charge in [0.25, 0.3) is 0 Å². The number of imidazole rings is 2. The summed E-state index contributed by atoms with van der Waals surface area (Å²) in [4.78, 5) is 82.8. The number of carbonyl (C=O) groups excluding carboxylic acids is 3. The Balaban J connectivity index is 0.806. The van der Waals surface area contributed by atoms with E-state index in [0.717, 1.165) is 59.2 Å². The Labute approximate surface area is 361 Å². The molecule has 6 aliphatic rings. The van der Waals surface area contributed by atoms with Crippen molar-refractivity contribution < 1.29 is 38.5 Å². The molecule has 0 bridgehead atoms. The van der Waals surface area contributed by atoms with Crippen molar-refractivity contribution >= 4 is 46.1 Å². The highest BCUT2D eigenvalue weighted by atomic mass is 16.5. The fourth-order valence-electron chi connectivity index (χ4n) is 10.9. The molecule has 0 spiro atoms. The summed E-state index contributed by atoms with van der Waals surface area (Å²) >= 11 is 0. The van der Waals surface area contributed by atoms with Crippen molar-refractivity contribution in [3.05, 3.63) is 60.4 Å². The molecule has 6 fully saturated rings. The van der Waals surface area contributed by atoms with Crippen LogP contribution in [0.2, 0.25) is 0 Å². The van der Waals surface area contributed by atoms with Gasteiger partial charge in [0.1, 0.15) is 29.4 Å². The molecular weight excluding hydrogens is 809 g/mol. The number of H-pyrrole nitrogens is 2. The molecule has 328 valence electrons. The smallest absolute Gasteiger partial charge is 0.407 e. The summed E-state index contributed by atoms with van der Waals surface area (Å²) in [6, 6.07) is 10.2. The Hall–Kier alpha value is -6.14. The number of aromatic nitrogens is 6. The van der Waals surface area contributed by atoms with Gasteiger partial charge in [-0.05, 0) is 110 Å². The van der Waals surface area contributed by atoms with Gasteiger partial charge in [-0.15, -0.1) is 0 Å². The van der Waals surface area contributed by atoms with Gasteiger partial charge in [-0.1, -0.05) is 12.1 Å². The van der Waals surface area contributed by atoms with E-state index in [1.807, 2.05) is 40.1 Å². The van der Waals surface area contributed by atoms with E-state index in [9.17, 15) is 24.3 Å². The predicted octanol–water partition coefficient (Wildman–Crippen LogP) is 5.10. The van der Waals surface area contributed by atoms with Gasteiger partial charge >= 0.3 is 12.2 Å². The topological polar surface area (TPSA) is 230 Å². The van der Waals surface area contributed by atoms with Crippen LogP contribution in [0, 0.1) is 23.7 Å². The Morgan fingerprint density at radius 2 is 1.32 bits per heavy atom. The summed E-state index contributed by atoms with van der Waals surface area (Å²) in [7, 11) is 1.31. The second-order valence-electron chi connectivity index (χ2n) is 18.1. The summed E-state index contributed by atoms with van der Waals surface area (Å²) in [5.74, 6) is 1.73. The molecule has 4 amide bonds. The highest BCUT2D eigenvalue weighted by Crippen LogP contribution is 2.55. The first-order valence-corrected chi connectivity index (χ1v) is 22.2. The minimum absolute atomic E-state index is 0.0385. The van der Waals surface area contributed by atoms with Crippen molar-refractivity contribution in [1.29, 1.82) is 0 Å². The summed E-state index contributed by atoms with van der Waals surface area (Å²) in [6.07, 6.45) is 7.70. The van der Waals surface area contributed by atoms with Crippen molar-refractivity contribution in [1.82, 2.24) is 50.3 Å². The van der Waals surface area contributed by atoms with Gasteiger partial charge in [0, 0.05) is 38.5 Å². The summed E-state index contributed by atoms with van der Waals surface area (Å²) in [6.45, 7) is 2.12. The number of likely N-dealkylation sites (tertiary alicyclic amines) is 2. The fourth-order valence-corrected chi connectivity index (χ4v) is 10.9. The second kappa shape index (κ2) is 15.9. The Morgan fingerprint density at radius 1 is 0.714 bits per heavy atom. The number of hydrogen-bond donors (Lipinski definition) is 5. The van der Waals surface area contributed by atoms with E-state index in [0.29, 0.717) is 86.7 Å². The summed E-state index contributed by atoms with van der Waals surface area (Å²) in [5.41, 5.74) is 6.32. The number of carbonyl (C=O) groups is 4. The number of piperidine rings is 2. The van der Waals surface area contributed by atoms with Crippen LogP contribution in [-0.2, 0) is 23.8 Å². The number of carboxylic acid groups (broad SMARTS) is 1. The van der Waals surface area contributed by atoms with E-state index >= 15 is 0 Å². The standard InChI is InChI=1S/C45H50N10O8/c1-61-45(60)53-39(23-8-12-63-13-9-23)43(57)55-35-17-27(35)19-37(55)41-49-29-5-3-25(15-31(29)50-41)24-2-4-28-30(14-24)46-20-32(48-28)33-21-47-40(51-33)36-18-26-16-34(26)54(36)42(56)38(52-44(58)59)22-6-10-62-11-7-22/h2-5,14-15,20-23,26-27,34-39,52H,6-13,16-19H2,1H3,(H,47,51)(H,49,50)(H,53,60)(H,58,59)/t26-,27+,34-,35-,36+,37+,38+,39+/m1/s1. The molecule has 2 aliphatic carbocycles. The van der Waals surface area contributed by atoms with Crippen LogP contribution in [0.5, 0.6) is 0 Å². The van der Waals surface area contributed by atoms with Crippen molar-refractivity contribution in [2.24, 2.45) is 23.7 Å². The number of rotatable bonds is 10. The number of benzene rings is 2. The van der Waals surface area contributed by atoms with Crippen LogP contribution in [0.15, 0.2) is 48.8 Å². The van der Waals surface area contributed by atoms with E-state index in [2.05, 4.69) is 26.7 Å².